The molecule has 0 saturated carbocycles. The first kappa shape index (κ1) is 9.45. The number of aliphatic imine (C=N–C) groups is 1. The molecule has 2 aliphatic heterocycles. The second-order valence-electron chi connectivity index (χ2n) is 3.79. The largest absolute Gasteiger partial charge is 0.448 e. The van der Waals surface area contributed by atoms with Crippen LogP contribution in [0.4, 0.5) is 0 Å². The van der Waals surface area contributed by atoms with Crippen LogP contribution in [0, 0.1) is 0 Å². The van der Waals surface area contributed by atoms with Crippen molar-refractivity contribution < 1.29 is 9.53 Å². The summed E-state index contributed by atoms with van der Waals surface area (Å²) in [6.07, 6.45) is 1.40. The number of amides is 1. The van der Waals surface area contributed by atoms with Crippen molar-refractivity contribution in [3.63, 3.8) is 0 Å². The molecule has 5 heteroatoms. The number of rotatable bonds is 1. The van der Waals surface area contributed by atoms with Gasteiger partial charge >= 0.3 is 0 Å². The molecule has 0 aromatic heterocycles. The molecular formula is C9H15N3O2. The van der Waals surface area contributed by atoms with Crippen LogP contribution in [-0.2, 0) is 9.53 Å². The van der Waals surface area contributed by atoms with E-state index in [9.17, 15) is 4.79 Å². The number of carbonyl (C=O) groups is 1. The Kier molecular flexibility index (Phi) is 2.19. The van der Waals surface area contributed by atoms with Gasteiger partial charge in [0.15, 0.2) is 5.60 Å². The summed E-state index contributed by atoms with van der Waals surface area (Å²) in [4.78, 5) is 17.5. The van der Waals surface area contributed by atoms with Crippen molar-refractivity contribution >= 4 is 11.9 Å². The summed E-state index contributed by atoms with van der Waals surface area (Å²) in [6, 6.07) is 0.0277. The van der Waals surface area contributed by atoms with Crippen molar-refractivity contribution in [2.45, 2.75) is 25.4 Å². The lowest BCUT2D eigenvalue weighted by Crippen LogP contribution is -2.49. The Morgan fingerprint density at radius 2 is 2.21 bits per heavy atom. The molecule has 0 bridgehead atoms. The van der Waals surface area contributed by atoms with Gasteiger partial charge in [-0.1, -0.05) is 6.92 Å². The minimum atomic E-state index is -0.726. The van der Waals surface area contributed by atoms with E-state index in [1.54, 1.807) is 0 Å². The minimum absolute atomic E-state index is 0.0277. The fourth-order valence-corrected chi connectivity index (χ4v) is 2.01. The van der Waals surface area contributed by atoms with Gasteiger partial charge in [-0.2, -0.15) is 4.99 Å². The van der Waals surface area contributed by atoms with Gasteiger partial charge < -0.3 is 15.4 Å². The summed E-state index contributed by atoms with van der Waals surface area (Å²) < 4.78 is 5.35. The van der Waals surface area contributed by atoms with Crippen molar-refractivity contribution in [3.8, 4) is 0 Å². The second-order valence-corrected chi connectivity index (χ2v) is 3.79. The molecule has 2 N–H and O–H groups in total. The number of nitrogens with two attached hydrogens (primary N) is 1. The first-order chi connectivity index (χ1) is 6.66. The molecule has 0 atom stereocenters. The molecule has 78 valence electrons. The molecule has 1 spiro atoms. The fraction of sp³-hybridized carbons (Fsp3) is 0.778. The van der Waals surface area contributed by atoms with Crippen molar-refractivity contribution in [2.24, 2.45) is 10.7 Å². The van der Waals surface area contributed by atoms with E-state index >= 15 is 0 Å². The Bertz CT molecular complexity index is 280. The van der Waals surface area contributed by atoms with Crippen molar-refractivity contribution in [2.75, 3.05) is 19.6 Å². The van der Waals surface area contributed by atoms with Crippen LogP contribution in [0.1, 0.15) is 19.8 Å². The van der Waals surface area contributed by atoms with Crippen LogP contribution in [0.2, 0.25) is 0 Å². The highest BCUT2D eigenvalue weighted by molar-refractivity contribution is 6.00. The Hall–Kier alpha value is -1.10. The van der Waals surface area contributed by atoms with Crippen molar-refractivity contribution in [3.05, 3.63) is 0 Å². The zero-order chi connectivity index (χ0) is 10.2. The van der Waals surface area contributed by atoms with E-state index in [2.05, 4.69) is 16.8 Å². The average molecular weight is 197 g/mol. The number of piperidine rings is 1. The molecule has 1 amide bonds. The van der Waals surface area contributed by atoms with Crippen molar-refractivity contribution in [1.82, 2.24) is 4.90 Å². The number of ether oxygens (including phenoxy) is 1. The third-order valence-corrected chi connectivity index (χ3v) is 3.01. The topological polar surface area (TPSA) is 67.9 Å². The van der Waals surface area contributed by atoms with Crippen LogP contribution >= 0.6 is 0 Å². The van der Waals surface area contributed by atoms with Gasteiger partial charge in [-0.15, -0.1) is 0 Å². The van der Waals surface area contributed by atoms with Crippen LogP contribution < -0.4 is 5.73 Å². The lowest BCUT2D eigenvalue weighted by Gasteiger charge is -2.35. The number of nitrogens with zero attached hydrogens (tertiary/aromatic N) is 2. The summed E-state index contributed by atoms with van der Waals surface area (Å²) in [6.45, 7) is 4.89. The first-order valence-corrected chi connectivity index (χ1v) is 4.96. The van der Waals surface area contributed by atoms with Crippen LogP contribution in [0.3, 0.4) is 0 Å². The van der Waals surface area contributed by atoms with Crippen LogP contribution in [0.25, 0.3) is 0 Å². The number of hydrogen-bond donors (Lipinski definition) is 1. The number of likely N-dealkylation sites (tertiary alicyclic amines) is 1. The molecule has 2 heterocycles. The summed E-state index contributed by atoms with van der Waals surface area (Å²) >= 11 is 0. The summed E-state index contributed by atoms with van der Waals surface area (Å²) in [5.41, 5.74) is 4.66. The van der Waals surface area contributed by atoms with Gasteiger partial charge in [-0.25, -0.2) is 0 Å². The first-order valence-electron chi connectivity index (χ1n) is 4.96. The van der Waals surface area contributed by atoms with E-state index in [0.29, 0.717) is 12.8 Å². The Morgan fingerprint density at radius 3 is 2.64 bits per heavy atom. The molecule has 2 rings (SSSR count). The predicted octanol–water partition coefficient (Wildman–Crippen LogP) is -0.288. The Morgan fingerprint density at radius 1 is 1.57 bits per heavy atom. The molecule has 2 aliphatic rings. The van der Waals surface area contributed by atoms with Crippen LogP contribution in [0.5, 0.6) is 0 Å². The normalized spacial score (nSPS) is 26.4. The maximum Gasteiger partial charge on any atom is 0.294 e. The SMILES string of the molecule is CCN1CCC2(CC1)OC(N)=NC2=O. The molecule has 1 saturated heterocycles. The van der Waals surface area contributed by atoms with Gasteiger partial charge in [0.25, 0.3) is 11.9 Å². The monoisotopic (exact) mass is 197 g/mol. The molecule has 0 radical (unpaired) electrons. The third kappa shape index (κ3) is 1.37. The highest BCUT2D eigenvalue weighted by Crippen LogP contribution is 2.30. The van der Waals surface area contributed by atoms with E-state index in [1.165, 1.54) is 0 Å². The highest BCUT2D eigenvalue weighted by Gasteiger charge is 2.47. The smallest absolute Gasteiger partial charge is 0.294 e. The van der Waals surface area contributed by atoms with Gasteiger partial charge in [0.1, 0.15) is 0 Å². The Labute approximate surface area is 82.9 Å². The lowest BCUT2D eigenvalue weighted by molar-refractivity contribution is -0.134. The molecule has 0 aliphatic carbocycles. The quantitative estimate of drug-likeness (QED) is 0.627. The number of amidine groups is 1. The molecule has 0 unspecified atom stereocenters. The second kappa shape index (κ2) is 3.24. The molecule has 14 heavy (non-hydrogen) atoms. The van der Waals surface area contributed by atoms with Crippen LogP contribution in [0.15, 0.2) is 4.99 Å². The highest BCUT2D eigenvalue weighted by atomic mass is 16.5. The van der Waals surface area contributed by atoms with E-state index in [0.717, 1.165) is 19.6 Å². The average Bonchev–Trinajstić information content (AvgIpc) is 2.43. The minimum Gasteiger partial charge on any atom is -0.448 e. The molecule has 5 nitrogen and oxygen atoms in total. The summed E-state index contributed by atoms with van der Waals surface area (Å²) in [5.74, 6) is -0.203. The zero-order valence-corrected chi connectivity index (χ0v) is 8.32. The fourth-order valence-electron chi connectivity index (χ4n) is 2.01. The van der Waals surface area contributed by atoms with Gasteiger partial charge in [0.05, 0.1) is 0 Å². The predicted molar refractivity (Wildman–Crippen MR) is 51.8 cm³/mol. The maximum absolute atomic E-state index is 11.5. The number of hydrogen-bond acceptors (Lipinski definition) is 4. The Balaban J connectivity index is 2.04. The van der Waals surface area contributed by atoms with Crippen molar-refractivity contribution in [1.29, 1.82) is 0 Å². The van der Waals surface area contributed by atoms with E-state index in [4.69, 9.17) is 10.5 Å². The van der Waals surface area contributed by atoms with Gasteiger partial charge in [-0.3, -0.25) is 4.79 Å². The molecule has 1 fully saturated rings. The molecular weight excluding hydrogens is 182 g/mol. The number of carbonyl (C=O) groups excluding carboxylic acids is 1. The maximum atomic E-state index is 11.5. The van der Waals surface area contributed by atoms with E-state index in [1.807, 2.05) is 0 Å². The lowest BCUT2D eigenvalue weighted by atomic mass is 9.91. The third-order valence-electron chi connectivity index (χ3n) is 3.01. The van der Waals surface area contributed by atoms with E-state index < -0.39 is 5.60 Å². The van der Waals surface area contributed by atoms with Crippen LogP contribution in [-0.4, -0.2) is 42.1 Å². The van der Waals surface area contributed by atoms with Gasteiger partial charge in [0, 0.05) is 25.9 Å². The standard InChI is InChI=1S/C9H15N3O2/c1-2-12-5-3-9(4-6-12)7(13)11-8(10)14-9/h2-6H2,1H3,(H2,10,11,13). The summed E-state index contributed by atoms with van der Waals surface area (Å²) in [7, 11) is 0. The molecule has 0 aromatic carbocycles. The van der Waals surface area contributed by atoms with Gasteiger partial charge in [0.2, 0.25) is 0 Å². The summed E-state index contributed by atoms with van der Waals surface area (Å²) in [5, 5.41) is 0. The van der Waals surface area contributed by atoms with Gasteiger partial charge in [-0.05, 0) is 6.54 Å². The van der Waals surface area contributed by atoms with E-state index in [-0.39, 0.29) is 11.9 Å². The zero-order valence-electron chi connectivity index (χ0n) is 8.32. The molecule has 0 aromatic rings.